The molecule has 0 spiro atoms. The highest BCUT2D eigenvalue weighted by molar-refractivity contribution is 14.0. The van der Waals surface area contributed by atoms with Gasteiger partial charge < -0.3 is 15.0 Å². The van der Waals surface area contributed by atoms with Gasteiger partial charge in [-0.05, 0) is 37.5 Å². The first-order valence-corrected chi connectivity index (χ1v) is 10.1. The zero-order chi connectivity index (χ0) is 18.3. The van der Waals surface area contributed by atoms with E-state index in [1.807, 2.05) is 0 Å². The van der Waals surface area contributed by atoms with Gasteiger partial charge in [-0.25, -0.2) is 13.6 Å². The number of benzene rings is 1. The van der Waals surface area contributed by atoms with Crippen molar-refractivity contribution in [2.75, 3.05) is 39.9 Å². The third kappa shape index (κ3) is 7.01. The summed E-state index contributed by atoms with van der Waals surface area (Å²) in [5, 5.41) is 8.45. The summed E-state index contributed by atoms with van der Waals surface area (Å²) in [7, 11) is -1.90. The van der Waals surface area contributed by atoms with Gasteiger partial charge in [0.05, 0.1) is 11.5 Å². The second kappa shape index (κ2) is 11.1. The molecule has 1 atom stereocenters. The average molecular weight is 496 g/mol. The molecule has 1 heterocycles. The largest absolute Gasteiger partial charge is 0.384 e. The van der Waals surface area contributed by atoms with Gasteiger partial charge in [0.15, 0.2) is 5.96 Å². The van der Waals surface area contributed by atoms with E-state index in [4.69, 9.17) is 14.9 Å². The Labute approximate surface area is 173 Å². The van der Waals surface area contributed by atoms with Gasteiger partial charge >= 0.3 is 0 Å². The van der Waals surface area contributed by atoms with Crippen molar-refractivity contribution in [2.45, 2.75) is 24.7 Å². The van der Waals surface area contributed by atoms with Crippen LogP contribution in [-0.2, 0) is 21.2 Å². The van der Waals surface area contributed by atoms with Crippen molar-refractivity contribution < 1.29 is 13.2 Å². The number of nitrogens with one attached hydrogen (secondary N) is 1. The molecule has 2 rings (SSSR count). The van der Waals surface area contributed by atoms with Crippen LogP contribution in [0.2, 0.25) is 0 Å². The molecule has 0 saturated carbocycles. The minimum Gasteiger partial charge on any atom is -0.384 e. The number of likely N-dealkylation sites (tertiary alicyclic amines) is 1. The molecule has 26 heavy (non-hydrogen) atoms. The molecule has 7 nitrogen and oxygen atoms in total. The molecular formula is C17H29IN4O3S. The standard InChI is InChI=1S/C17H28N4O3S.HI/c1-3-19-17(21-11-9-15(12-21)13-24-2)20-10-8-14-4-6-16(7-5-14)25(18,22)23;/h4-7,15H,3,8-13H2,1-2H3,(H,19,20)(H2,18,22,23);1H. The van der Waals surface area contributed by atoms with Crippen LogP contribution in [-0.4, -0.2) is 59.2 Å². The topological polar surface area (TPSA) is 97.0 Å². The number of guanidine groups is 1. The number of methoxy groups -OCH3 is 1. The molecule has 0 aliphatic carbocycles. The molecule has 0 radical (unpaired) electrons. The lowest BCUT2D eigenvalue weighted by molar-refractivity contribution is 0.157. The van der Waals surface area contributed by atoms with Crippen LogP contribution in [0.3, 0.4) is 0 Å². The molecule has 3 N–H and O–H groups in total. The molecule has 1 fully saturated rings. The summed E-state index contributed by atoms with van der Waals surface area (Å²) in [4.78, 5) is 7.11. The maximum Gasteiger partial charge on any atom is 0.238 e. The molecule has 1 aromatic carbocycles. The summed E-state index contributed by atoms with van der Waals surface area (Å²) in [6.45, 7) is 6.26. The number of nitrogens with two attached hydrogens (primary N) is 1. The van der Waals surface area contributed by atoms with Gasteiger partial charge in [0.25, 0.3) is 0 Å². The summed E-state index contributed by atoms with van der Waals surface area (Å²) in [6.07, 6.45) is 1.86. The Morgan fingerprint density at radius 1 is 1.38 bits per heavy atom. The Morgan fingerprint density at radius 2 is 2.08 bits per heavy atom. The first kappa shape index (κ1) is 23.1. The van der Waals surface area contributed by atoms with Crippen molar-refractivity contribution in [1.82, 2.24) is 10.2 Å². The van der Waals surface area contributed by atoms with Crippen LogP contribution in [0, 0.1) is 5.92 Å². The number of nitrogens with zero attached hydrogens (tertiary/aromatic N) is 2. The fraction of sp³-hybridized carbons (Fsp3) is 0.588. The highest BCUT2D eigenvalue weighted by atomic mass is 127. The van der Waals surface area contributed by atoms with E-state index in [1.54, 1.807) is 19.2 Å². The fourth-order valence-corrected chi connectivity index (χ4v) is 3.47. The Bertz CT molecular complexity index is 680. The predicted octanol–water partition coefficient (Wildman–Crippen LogP) is 1.43. The molecule has 0 bridgehead atoms. The number of ether oxygens (including phenoxy) is 1. The molecule has 9 heteroatoms. The first-order valence-electron chi connectivity index (χ1n) is 8.58. The summed E-state index contributed by atoms with van der Waals surface area (Å²) in [5.74, 6) is 1.49. The van der Waals surface area contributed by atoms with Crippen LogP contribution in [0.5, 0.6) is 0 Å². The summed E-state index contributed by atoms with van der Waals surface area (Å²) in [6, 6.07) is 6.64. The normalized spacial score (nSPS) is 17.9. The summed E-state index contributed by atoms with van der Waals surface area (Å²) < 4.78 is 27.8. The van der Waals surface area contributed by atoms with Gasteiger partial charge in [0, 0.05) is 39.2 Å². The molecule has 1 saturated heterocycles. The first-order chi connectivity index (χ1) is 11.9. The lowest BCUT2D eigenvalue weighted by Gasteiger charge is -2.21. The number of halogens is 1. The SMILES string of the molecule is CCNC(=NCCc1ccc(S(N)(=O)=O)cc1)N1CCC(COC)C1.I. The predicted molar refractivity (Wildman–Crippen MR) is 114 cm³/mol. The lowest BCUT2D eigenvalue weighted by Crippen LogP contribution is -2.40. The van der Waals surface area contributed by atoms with Crippen molar-refractivity contribution in [2.24, 2.45) is 16.0 Å². The van der Waals surface area contributed by atoms with E-state index in [-0.39, 0.29) is 28.9 Å². The minimum atomic E-state index is -3.64. The quantitative estimate of drug-likeness (QED) is 0.338. The Hall–Kier alpha value is -0.910. The van der Waals surface area contributed by atoms with Gasteiger partial charge in [0.2, 0.25) is 10.0 Å². The monoisotopic (exact) mass is 496 g/mol. The highest BCUT2D eigenvalue weighted by Crippen LogP contribution is 2.16. The smallest absolute Gasteiger partial charge is 0.238 e. The average Bonchev–Trinajstić information content (AvgIpc) is 3.02. The van der Waals surface area contributed by atoms with Crippen molar-refractivity contribution in [1.29, 1.82) is 0 Å². The van der Waals surface area contributed by atoms with Crippen LogP contribution in [0.1, 0.15) is 18.9 Å². The van der Waals surface area contributed by atoms with Gasteiger partial charge in [-0.1, -0.05) is 12.1 Å². The summed E-state index contributed by atoms with van der Waals surface area (Å²) >= 11 is 0. The van der Waals surface area contributed by atoms with Crippen LogP contribution in [0.15, 0.2) is 34.2 Å². The molecule has 0 amide bonds. The number of hydrogen-bond donors (Lipinski definition) is 2. The van der Waals surface area contributed by atoms with Crippen molar-refractivity contribution in [3.05, 3.63) is 29.8 Å². The third-order valence-corrected chi connectivity index (χ3v) is 5.17. The van der Waals surface area contributed by atoms with E-state index in [0.717, 1.165) is 50.6 Å². The number of aliphatic imine (C=N–C) groups is 1. The van der Waals surface area contributed by atoms with Crippen molar-refractivity contribution in [3.63, 3.8) is 0 Å². The van der Waals surface area contributed by atoms with E-state index >= 15 is 0 Å². The van der Waals surface area contributed by atoms with Gasteiger partial charge in [-0.15, -0.1) is 24.0 Å². The second-order valence-electron chi connectivity index (χ2n) is 6.23. The number of rotatable bonds is 7. The minimum absolute atomic E-state index is 0. The number of hydrogen-bond acceptors (Lipinski definition) is 4. The Balaban J connectivity index is 0.00000338. The Morgan fingerprint density at radius 3 is 2.65 bits per heavy atom. The van der Waals surface area contributed by atoms with Crippen molar-refractivity contribution in [3.8, 4) is 0 Å². The van der Waals surface area contributed by atoms with Crippen LogP contribution in [0.25, 0.3) is 0 Å². The second-order valence-corrected chi connectivity index (χ2v) is 7.79. The maximum atomic E-state index is 11.3. The molecule has 1 aliphatic heterocycles. The zero-order valence-electron chi connectivity index (χ0n) is 15.3. The van der Waals surface area contributed by atoms with Crippen LogP contribution >= 0.6 is 24.0 Å². The van der Waals surface area contributed by atoms with Crippen LogP contribution in [0.4, 0.5) is 0 Å². The molecule has 0 aromatic heterocycles. The molecule has 1 aliphatic rings. The summed E-state index contributed by atoms with van der Waals surface area (Å²) in [5.41, 5.74) is 1.03. The van der Waals surface area contributed by atoms with Gasteiger partial charge in [-0.3, -0.25) is 4.99 Å². The Kier molecular flexibility index (Phi) is 9.83. The van der Waals surface area contributed by atoms with Crippen molar-refractivity contribution >= 4 is 40.0 Å². The van der Waals surface area contributed by atoms with Gasteiger partial charge in [-0.2, -0.15) is 0 Å². The number of sulfonamides is 1. The fourth-order valence-electron chi connectivity index (χ4n) is 2.96. The van der Waals surface area contributed by atoms with E-state index in [2.05, 4.69) is 17.1 Å². The van der Waals surface area contributed by atoms with E-state index in [9.17, 15) is 8.42 Å². The third-order valence-electron chi connectivity index (χ3n) is 4.24. The number of primary sulfonamides is 1. The molecule has 1 aromatic rings. The molecule has 1 unspecified atom stereocenters. The maximum absolute atomic E-state index is 11.3. The lowest BCUT2D eigenvalue weighted by atomic mass is 10.1. The zero-order valence-corrected chi connectivity index (χ0v) is 18.5. The molecule has 148 valence electrons. The van der Waals surface area contributed by atoms with E-state index in [1.165, 1.54) is 12.1 Å². The molecular weight excluding hydrogens is 467 g/mol. The van der Waals surface area contributed by atoms with E-state index in [0.29, 0.717) is 12.5 Å². The van der Waals surface area contributed by atoms with E-state index < -0.39 is 10.0 Å². The highest BCUT2D eigenvalue weighted by Gasteiger charge is 2.24. The van der Waals surface area contributed by atoms with Gasteiger partial charge in [0.1, 0.15) is 0 Å². The van der Waals surface area contributed by atoms with Crippen LogP contribution < -0.4 is 10.5 Å².